The minimum Gasteiger partial charge on any atom is -0.353 e. The topological polar surface area (TPSA) is 90.5 Å². The summed E-state index contributed by atoms with van der Waals surface area (Å²) in [6, 6.07) is -0.823. The third kappa shape index (κ3) is 3.88. The van der Waals surface area contributed by atoms with Crippen molar-refractivity contribution in [1.82, 2.24) is 25.5 Å². The van der Waals surface area contributed by atoms with E-state index in [1.807, 2.05) is 4.90 Å². The third-order valence-electron chi connectivity index (χ3n) is 3.58. The van der Waals surface area contributed by atoms with Crippen molar-refractivity contribution in [2.75, 3.05) is 38.1 Å². The Morgan fingerprint density at radius 2 is 1.95 bits per heavy atom. The number of rotatable bonds is 3. The summed E-state index contributed by atoms with van der Waals surface area (Å²) in [6.45, 7) is 4.82. The molecule has 0 aliphatic carbocycles. The lowest BCUT2D eigenvalue weighted by atomic mass is 10.2. The lowest BCUT2D eigenvalue weighted by molar-refractivity contribution is -0.124. The summed E-state index contributed by atoms with van der Waals surface area (Å²) in [5.41, 5.74) is 0. The Labute approximate surface area is 123 Å². The van der Waals surface area contributed by atoms with Crippen LogP contribution in [-0.2, 0) is 4.79 Å². The van der Waals surface area contributed by atoms with E-state index in [2.05, 4.69) is 25.5 Å². The van der Waals surface area contributed by atoms with Crippen LogP contribution in [0.5, 0.6) is 0 Å². The molecular weight excluding hydrogens is 272 g/mol. The van der Waals surface area contributed by atoms with Crippen LogP contribution in [0.25, 0.3) is 0 Å². The number of nitrogens with zero attached hydrogens (tertiary/aromatic N) is 4. The van der Waals surface area contributed by atoms with Gasteiger partial charge in [-0.15, -0.1) is 0 Å². The standard InChI is InChI=1S/C13H20N6O2/c1-10(12(20)17-13(21)14-2)18-5-7-19(8-6-18)11-9-15-3-4-16-11/h3-4,9-10H,5-8H2,1-2H3,(H2,14,17,20,21). The first kappa shape index (κ1) is 15.2. The molecule has 1 atom stereocenters. The Morgan fingerprint density at radius 3 is 2.52 bits per heavy atom. The number of nitrogens with one attached hydrogen (secondary N) is 2. The van der Waals surface area contributed by atoms with Crippen molar-refractivity contribution >= 4 is 17.8 Å². The van der Waals surface area contributed by atoms with Gasteiger partial charge in [-0.25, -0.2) is 9.78 Å². The highest BCUT2D eigenvalue weighted by atomic mass is 16.2. The van der Waals surface area contributed by atoms with E-state index in [1.54, 1.807) is 25.5 Å². The lowest BCUT2D eigenvalue weighted by Crippen LogP contribution is -2.55. The first-order valence-electron chi connectivity index (χ1n) is 6.89. The van der Waals surface area contributed by atoms with E-state index in [-0.39, 0.29) is 11.9 Å². The SMILES string of the molecule is CNC(=O)NC(=O)C(C)N1CCN(c2cnccn2)CC1. The molecule has 0 saturated carbocycles. The van der Waals surface area contributed by atoms with E-state index in [1.165, 1.54) is 7.05 Å². The molecule has 1 fully saturated rings. The molecule has 8 heteroatoms. The highest BCUT2D eigenvalue weighted by Crippen LogP contribution is 2.13. The van der Waals surface area contributed by atoms with Crippen LogP contribution in [0.1, 0.15) is 6.92 Å². The van der Waals surface area contributed by atoms with Crippen LogP contribution in [0.15, 0.2) is 18.6 Å². The van der Waals surface area contributed by atoms with Crippen LogP contribution in [0.4, 0.5) is 10.6 Å². The zero-order chi connectivity index (χ0) is 15.2. The predicted molar refractivity (Wildman–Crippen MR) is 77.9 cm³/mol. The molecule has 2 rings (SSSR count). The van der Waals surface area contributed by atoms with Crippen LogP contribution >= 0.6 is 0 Å². The van der Waals surface area contributed by atoms with Crippen molar-refractivity contribution in [3.05, 3.63) is 18.6 Å². The first-order chi connectivity index (χ1) is 10.1. The monoisotopic (exact) mass is 292 g/mol. The van der Waals surface area contributed by atoms with Gasteiger partial charge in [0, 0.05) is 45.6 Å². The van der Waals surface area contributed by atoms with Crippen molar-refractivity contribution in [3.63, 3.8) is 0 Å². The first-order valence-corrected chi connectivity index (χ1v) is 6.89. The molecule has 3 amide bonds. The second-order valence-corrected chi connectivity index (χ2v) is 4.83. The Balaban J connectivity index is 1.86. The van der Waals surface area contributed by atoms with E-state index in [0.29, 0.717) is 0 Å². The van der Waals surface area contributed by atoms with Gasteiger partial charge in [-0.2, -0.15) is 0 Å². The van der Waals surface area contributed by atoms with E-state index in [0.717, 1.165) is 32.0 Å². The summed E-state index contributed by atoms with van der Waals surface area (Å²) in [6.07, 6.45) is 5.05. The summed E-state index contributed by atoms with van der Waals surface area (Å²) < 4.78 is 0. The van der Waals surface area contributed by atoms with Gasteiger partial charge < -0.3 is 10.2 Å². The maximum Gasteiger partial charge on any atom is 0.321 e. The highest BCUT2D eigenvalue weighted by molar-refractivity contribution is 5.96. The van der Waals surface area contributed by atoms with Gasteiger partial charge in [0.15, 0.2) is 0 Å². The Kier molecular flexibility index (Phi) is 5.04. The van der Waals surface area contributed by atoms with Gasteiger partial charge >= 0.3 is 6.03 Å². The van der Waals surface area contributed by atoms with Crippen LogP contribution in [0, 0.1) is 0 Å². The van der Waals surface area contributed by atoms with Crippen molar-refractivity contribution in [3.8, 4) is 0 Å². The molecule has 0 spiro atoms. The summed E-state index contributed by atoms with van der Waals surface area (Å²) in [7, 11) is 1.48. The molecular formula is C13H20N6O2. The quantitative estimate of drug-likeness (QED) is 0.776. The number of carbonyl (C=O) groups excluding carboxylic acids is 2. The zero-order valence-electron chi connectivity index (χ0n) is 12.2. The van der Waals surface area contributed by atoms with E-state index >= 15 is 0 Å². The Bertz CT molecular complexity index is 487. The minimum absolute atomic E-state index is 0.290. The van der Waals surface area contributed by atoms with Crippen molar-refractivity contribution in [1.29, 1.82) is 0 Å². The van der Waals surface area contributed by atoms with Gasteiger partial charge in [-0.3, -0.25) is 20.0 Å². The fraction of sp³-hybridized carbons (Fsp3) is 0.538. The van der Waals surface area contributed by atoms with Gasteiger partial charge in [0.1, 0.15) is 5.82 Å². The van der Waals surface area contributed by atoms with E-state index in [9.17, 15) is 9.59 Å². The number of hydrogen-bond acceptors (Lipinski definition) is 6. The van der Waals surface area contributed by atoms with Gasteiger partial charge in [0.05, 0.1) is 12.2 Å². The second-order valence-electron chi connectivity index (χ2n) is 4.83. The number of anilines is 1. The summed E-state index contributed by atoms with van der Waals surface area (Å²) in [4.78, 5) is 35.6. The van der Waals surface area contributed by atoms with Crippen molar-refractivity contribution in [2.45, 2.75) is 13.0 Å². The number of hydrogen-bond donors (Lipinski definition) is 2. The van der Waals surface area contributed by atoms with Gasteiger partial charge in [0.25, 0.3) is 0 Å². The summed E-state index contributed by atoms with van der Waals surface area (Å²) >= 11 is 0. The molecule has 2 N–H and O–H groups in total. The zero-order valence-corrected chi connectivity index (χ0v) is 12.2. The number of carbonyl (C=O) groups is 2. The molecule has 1 saturated heterocycles. The second kappa shape index (κ2) is 6.98. The van der Waals surface area contributed by atoms with E-state index < -0.39 is 6.03 Å². The summed E-state index contributed by atoms with van der Waals surface area (Å²) in [5.74, 6) is 0.557. The predicted octanol–water partition coefficient (Wildman–Crippen LogP) is -0.557. The molecule has 8 nitrogen and oxygen atoms in total. The molecule has 0 aromatic carbocycles. The van der Waals surface area contributed by atoms with Crippen molar-refractivity contribution in [2.24, 2.45) is 0 Å². The molecule has 1 aliphatic rings. The number of piperazine rings is 1. The molecule has 1 aliphatic heterocycles. The number of amides is 3. The number of urea groups is 1. The van der Waals surface area contributed by atoms with Crippen LogP contribution < -0.4 is 15.5 Å². The average Bonchev–Trinajstić information content (AvgIpc) is 2.55. The largest absolute Gasteiger partial charge is 0.353 e. The number of imide groups is 1. The Morgan fingerprint density at radius 1 is 1.24 bits per heavy atom. The van der Waals surface area contributed by atoms with Gasteiger partial charge in [-0.05, 0) is 6.92 Å². The molecule has 114 valence electrons. The lowest BCUT2D eigenvalue weighted by Gasteiger charge is -2.37. The summed E-state index contributed by atoms with van der Waals surface area (Å²) in [5, 5.41) is 4.67. The molecule has 1 aromatic rings. The third-order valence-corrected chi connectivity index (χ3v) is 3.58. The average molecular weight is 292 g/mol. The Hall–Kier alpha value is -2.22. The smallest absolute Gasteiger partial charge is 0.321 e. The van der Waals surface area contributed by atoms with E-state index in [4.69, 9.17) is 0 Å². The van der Waals surface area contributed by atoms with Gasteiger partial charge in [-0.1, -0.05) is 0 Å². The fourth-order valence-corrected chi connectivity index (χ4v) is 2.24. The molecule has 21 heavy (non-hydrogen) atoms. The molecule has 2 heterocycles. The number of aromatic nitrogens is 2. The minimum atomic E-state index is -0.481. The molecule has 1 unspecified atom stereocenters. The van der Waals surface area contributed by atoms with Crippen LogP contribution in [0.3, 0.4) is 0 Å². The van der Waals surface area contributed by atoms with Gasteiger partial charge in [0.2, 0.25) is 5.91 Å². The maximum atomic E-state index is 11.9. The van der Waals surface area contributed by atoms with Crippen molar-refractivity contribution < 1.29 is 9.59 Å². The molecule has 0 radical (unpaired) electrons. The fourth-order valence-electron chi connectivity index (χ4n) is 2.24. The molecule has 1 aromatic heterocycles. The maximum absolute atomic E-state index is 11.9. The highest BCUT2D eigenvalue weighted by Gasteiger charge is 2.26. The van der Waals surface area contributed by atoms with Crippen LogP contribution in [-0.4, -0.2) is 66.1 Å². The molecule has 0 bridgehead atoms. The van der Waals surface area contributed by atoms with Crippen LogP contribution in [0.2, 0.25) is 0 Å². The normalized spacial score (nSPS) is 17.1.